The predicted octanol–water partition coefficient (Wildman–Crippen LogP) is 2.34. The van der Waals surface area contributed by atoms with Crippen LogP contribution in [-0.4, -0.2) is 82.8 Å². The van der Waals surface area contributed by atoms with E-state index in [1.165, 1.54) is 0 Å². The fourth-order valence-corrected chi connectivity index (χ4v) is 4.94. The molecule has 172 valence electrons. The number of rotatable bonds is 8. The van der Waals surface area contributed by atoms with Gasteiger partial charge in [0.05, 0.1) is 23.8 Å². The van der Waals surface area contributed by atoms with Crippen molar-refractivity contribution in [2.24, 2.45) is 12.1 Å². The van der Waals surface area contributed by atoms with Crippen LogP contribution in [0.4, 0.5) is 0 Å². The third-order valence-electron chi connectivity index (χ3n) is 6.07. The van der Waals surface area contributed by atoms with Gasteiger partial charge in [0.2, 0.25) is 5.91 Å². The van der Waals surface area contributed by atoms with Crippen molar-refractivity contribution in [2.75, 3.05) is 45.9 Å². The molecule has 2 amide bonds. The second kappa shape index (κ2) is 10.4. The molecule has 8 nitrogen and oxygen atoms in total. The SMILES string of the molecule is CCC(=O)N(CCN1CCOCC1)CC(=O)N1N=C(c2cccs2)C[C@@H]1c1cccn1C. The van der Waals surface area contributed by atoms with Crippen LogP contribution >= 0.6 is 11.3 Å². The first-order valence-electron chi connectivity index (χ1n) is 11.2. The number of carbonyl (C=O) groups excluding carboxylic acids is 2. The minimum absolute atomic E-state index is 0.0105. The van der Waals surface area contributed by atoms with Crippen molar-refractivity contribution in [3.63, 3.8) is 0 Å². The van der Waals surface area contributed by atoms with E-state index in [2.05, 4.69) is 4.90 Å². The summed E-state index contributed by atoms with van der Waals surface area (Å²) < 4.78 is 7.44. The highest BCUT2D eigenvalue weighted by Crippen LogP contribution is 2.33. The van der Waals surface area contributed by atoms with Crippen molar-refractivity contribution in [3.05, 3.63) is 46.4 Å². The van der Waals surface area contributed by atoms with E-state index in [1.54, 1.807) is 21.2 Å². The Morgan fingerprint density at radius 3 is 2.72 bits per heavy atom. The van der Waals surface area contributed by atoms with Gasteiger partial charge in [-0.15, -0.1) is 11.3 Å². The summed E-state index contributed by atoms with van der Waals surface area (Å²) in [6.45, 7) is 6.30. The van der Waals surface area contributed by atoms with Gasteiger partial charge in [0, 0.05) is 58.0 Å². The van der Waals surface area contributed by atoms with Crippen LogP contribution in [0, 0.1) is 0 Å². The topological polar surface area (TPSA) is 70.4 Å². The van der Waals surface area contributed by atoms with Gasteiger partial charge in [-0.05, 0) is 23.6 Å². The number of nitrogens with zero attached hydrogens (tertiary/aromatic N) is 5. The number of hydrogen-bond donors (Lipinski definition) is 0. The van der Waals surface area contributed by atoms with Crippen LogP contribution in [0.2, 0.25) is 0 Å². The first-order valence-corrected chi connectivity index (χ1v) is 12.1. The molecule has 2 aliphatic heterocycles. The second-order valence-corrected chi connectivity index (χ2v) is 9.10. The lowest BCUT2D eigenvalue weighted by Gasteiger charge is -2.31. The number of carbonyl (C=O) groups is 2. The van der Waals surface area contributed by atoms with E-state index in [0.717, 1.165) is 35.9 Å². The monoisotopic (exact) mass is 457 g/mol. The zero-order chi connectivity index (χ0) is 22.5. The van der Waals surface area contributed by atoms with Crippen LogP contribution < -0.4 is 0 Å². The van der Waals surface area contributed by atoms with Gasteiger partial charge < -0.3 is 14.2 Å². The van der Waals surface area contributed by atoms with Crippen LogP contribution in [0.1, 0.15) is 36.4 Å². The first kappa shape index (κ1) is 22.7. The minimum Gasteiger partial charge on any atom is -0.379 e. The van der Waals surface area contributed by atoms with Crippen LogP contribution in [0.15, 0.2) is 40.9 Å². The number of thiophene rings is 1. The zero-order valence-corrected chi connectivity index (χ0v) is 19.6. The molecule has 9 heteroatoms. The molecule has 1 atom stereocenters. The fourth-order valence-electron chi connectivity index (χ4n) is 4.22. The fraction of sp³-hybridized carbons (Fsp3) is 0.522. The Morgan fingerprint density at radius 1 is 1.25 bits per heavy atom. The molecule has 0 radical (unpaired) electrons. The van der Waals surface area contributed by atoms with Gasteiger partial charge in [-0.2, -0.15) is 5.10 Å². The first-order chi connectivity index (χ1) is 15.6. The molecule has 0 bridgehead atoms. The maximum Gasteiger partial charge on any atom is 0.262 e. The van der Waals surface area contributed by atoms with Gasteiger partial charge in [-0.3, -0.25) is 14.5 Å². The largest absolute Gasteiger partial charge is 0.379 e. The number of aromatic nitrogens is 1. The molecule has 32 heavy (non-hydrogen) atoms. The van der Waals surface area contributed by atoms with Crippen LogP contribution in [-0.2, 0) is 21.4 Å². The van der Waals surface area contributed by atoms with E-state index in [9.17, 15) is 9.59 Å². The molecule has 2 aliphatic rings. The maximum atomic E-state index is 13.4. The number of hydrazone groups is 1. The minimum atomic E-state index is -0.169. The van der Waals surface area contributed by atoms with E-state index in [1.807, 2.05) is 54.4 Å². The summed E-state index contributed by atoms with van der Waals surface area (Å²) in [7, 11) is 1.98. The normalized spacial score (nSPS) is 19.2. The molecular formula is C23H31N5O3S. The quantitative estimate of drug-likeness (QED) is 0.610. The van der Waals surface area contributed by atoms with Crippen LogP contribution in [0.25, 0.3) is 0 Å². The molecule has 2 aromatic rings. The molecule has 0 N–H and O–H groups in total. The lowest BCUT2D eigenvalue weighted by atomic mass is 10.1. The average Bonchev–Trinajstić information content (AvgIpc) is 3.56. The number of aryl methyl sites for hydroxylation is 1. The summed E-state index contributed by atoms with van der Waals surface area (Å²) in [6, 6.07) is 7.88. The maximum absolute atomic E-state index is 13.4. The summed E-state index contributed by atoms with van der Waals surface area (Å²) in [5.41, 5.74) is 1.96. The van der Waals surface area contributed by atoms with E-state index in [4.69, 9.17) is 9.84 Å². The van der Waals surface area contributed by atoms with Gasteiger partial charge >= 0.3 is 0 Å². The molecule has 4 rings (SSSR count). The Labute approximate surface area is 193 Å². The van der Waals surface area contributed by atoms with Gasteiger partial charge in [-0.1, -0.05) is 13.0 Å². The van der Waals surface area contributed by atoms with Crippen LogP contribution in [0.5, 0.6) is 0 Å². The predicted molar refractivity (Wildman–Crippen MR) is 125 cm³/mol. The summed E-state index contributed by atoms with van der Waals surface area (Å²) in [5.74, 6) is -0.157. The highest BCUT2D eigenvalue weighted by molar-refractivity contribution is 7.12. The molecule has 4 heterocycles. The molecule has 1 saturated heterocycles. The van der Waals surface area contributed by atoms with Crippen molar-refractivity contribution in [3.8, 4) is 0 Å². The third kappa shape index (κ3) is 5.11. The van der Waals surface area contributed by atoms with E-state index < -0.39 is 0 Å². The van der Waals surface area contributed by atoms with Crippen molar-refractivity contribution in [1.29, 1.82) is 0 Å². The van der Waals surface area contributed by atoms with Gasteiger partial charge in [0.1, 0.15) is 12.6 Å². The van der Waals surface area contributed by atoms with Crippen molar-refractivity contribution in [2.45, 2.75) is 25.8 Å². The molecule has 0 unspecified atom stereocenters. The molecule has 0 saturated carbocycles. The summed E-state index contributed by atoms with van der Waals surface area (Å²) in [4.78, 5) is 31.1. The third-order valence-corrected chi connectivity index (χ3v) is 6.99. The highest BCUT2D eigenvalue weighted by atomic mass is 32.1. The molecule has 0 aliphatic carbocycles. The summed E-state index contributed by atoms with van der Waals surface area (Å²) in [5, 5.41) is 8.34. The smallest absolute Gasteiger partial charge is 0.262 e. The lowest BCUT2D eigenvalue weighted by Crippen LogP contribution is -2.46. The molecule has 2 aromatic heterocycles. The lowest BCUT2D eigenvalue weighted by molar-refractivity contribution is -0.141. The van der Waals surface area contributed by atoms with Gasteiger partial charge in [-0.25, -0.2) is 5.01 Å². The Balaban J connectivity index is 1.50. The van der Waals surface area contributed by atoms with E-state index in [-0.39, 0.29) is 24.4 Å². The Kier molecular flexibility index (Phi) is 7.39. The number of morpholine rings is 1. The molecular weight excluding hydrogens is 426 g/mol. The standard InChI is InChI=1S/C23H31N5O3S/c1-3-22(29)27(10-9-26-11-13-31-14-12-26)17-23(30)28-20(19-6-4-8-25(19)2)16-18(24-28)21-7-5-15-32-21/h4-8,15,20H,3,9-14,16-17H2,1-2H3/t20-/m1/s1. The van der Waals surface area contributed by atoms with Gasteiger partial charge in [0.25, 0.3) is 5.91 Å². The number of ether oxygens (including phenoxy) is 1. The second-order valence-electron chi connectivity index (χ2n) is 8.15. The van der Waals surface area contributed by atoms with Crippen LogP contribution in [0.3, 0.4) is 0 Å². The van der Waals surface area contributed by atoms with Gasteiger partial charge in [0.15, 0.2) is 0 Å². The molecule has 1 fully saturated rings. The summed E-state index contributed by atoms with van der Waals surface area (Å²) in [6.07, 6.45) is 3.03. The van der Waals surface area contributed by atoms with Crippen molar-refractivity contribution < 1.29 is 14.3 Å². The average molecular weight is 458 g/mol. The Morgan fingerprint density at radius 2 is 2.06 bits per heavy atom. The zero-order valence-electron chi connectivity index (χ0n) is 18.8. The Hall–Kier alpha value is -2.49. The van der Waals surface area contributed by atoms with E-state index in [0.29, 0.717) is 32.6 Å². The summed E-state index contributed by atoms with van der Waals surface area (Å²) >= 11 is 1.63. The highest BCUT2D eigenvalue weighted by Gasteiger charge is 2.35. The Bertz CT molecular complexity index is 949. The number of hydrogen-bond acceptors (Lipinski definition) is 6. The number of amides is 2. The molecule has 0 spiro atoms. The van der Waals surface area contributed by atoms with Crippen molar-refractivity contribution in [1.82, 2.24) is 19.4 Å². The van der Waals surface area contributed by atoms with E-state index >= 15 is 0 Å². The van der Waals surface area contributed by atoms with Crippen molar-refractivity contribution >= 4 is 28.9 Å². The molecule has 0 aromatic carbocycles.